The molecule has 0 amide bonds. The van der Waals surface area contributed by atoms with Gasteiger partial charge in [-0.15, -0.1) is 0 Å². The van der Waals surface area contributed by atoms with E-state index in [1.165, 1.54) is 0 Å². The molecule has 7 heteroatoms. The molecule has 1 aromatic carbocycles. The van der Waals surface area contributed by atoms with Gasteiger partial charge in [0.25, 0.3) is 0 Å². The number of esters is 1. The minimum Gasteiger partial charge on any atom is -0.486 e. The van der Waals surface area contributed by atoms with Crippen molar-refractivity contribution in [3.63, 3.8) is 0 Å². The van der Waals surface area contributed by atoms with Gasteiger partial charge in [0.05, 0.1) is 23.9 Å². The lowest BCUT2D eigenvalue weighted by atomic mass is 10.0. The summed E-state index contributed by atoms with van der Waals surface area (Å²) in [5.74, 6) is 0.935. The predicted octanol–water partition coefficient (Wildman–Crippen LogP) is 3.50. The summed E-state index contributed by atoms with van der Waals surface area (Å²) in [4.78, 5) is 28.3. The number of Topliss-reactive ketones (excluding diaryl/α,β-unsaturated/α-hetero) is 1. The van der Waals surface area contributed by atoms with Crippen LogP contribution in [0.3, 0.4) is 0 Å². The number of nitrogens with one attached hydrogen (secondary N) is 2. The predicted molar refractivity (Wildman–Crippen MR) is 109 cm³/mol. The van der Waals surface area contributed by atoms with E-state index in [0.29, 0.717) is 35.7 Å². The SMILES string of the molecule is CCOC(=O)c1c(C)[nH]c(C(=O)[C@H](C)N[C@H](C)c2ccc3c(c2)OCCO3)c1C. The van der Waals surface area contributed by atoms with Crippen LogP contribution in [0.2, 0.25) is 0 Å². The smallest absolute Gasteiger partial charge is 0.340 e. The van der Waals surface area contributed by atoms with Crippen molar-refractivity contribution < 1.29 is 23.8 Å². The maximum Gasteiger partial charge on any atom is 0.340 e. The summed E-state index contributed by atoms with van der Waals surface area (Å²) in [5, 5.41) is 3.33. The zero-order chi connectivity index (χ0) is 21.1. The number of aromatic nitrogens is 1. The summed E-state index contributed by atoms with van der Waals surface area (Å²) in [6, 6.07) is 5.26. The molecule has 2 aromatic rings. The van der Waals surface area contributed by atoms with E-state index >= 15 is 0 Å². The molecule has 0 spiro atoms. The van der Waals surface area contributed by atoms with Gasteiger partial charge in [-0.3, -0.25) is 4.79 Å². The van der Waals surface area contributed by atoms with Crippen LogP contribution in [0.5, 0.6) is 11.5 Å². The molecule has 0 unspecified atom stereocenters. The van der Waals surface area contributed by atoms with Crippen LogP contribution < -0.4 is 14.8 Å². The van der Waals surface area contributed by atoms with Crippen molar-refractivity contribution in [2.24, 2.45) is 0 Å². The molecule has 0 fully saturated rings. The summed E-state index contributed by atoms with van der Waals surface area (Å²) in [6.07, 6.45) is 0. The van der Waals surface area contributed by atoms with Gasteiger partial charge >= 0.3 is 5.97 Å². The van der Waals surface area contributed by atoms with Gasteiger partial charge in [0, 0.05) is 11.7 Å². The van der Waals surface area contributed by atoms with Gasteiger partial charge in [0.1, 0.15) is 13.2 Å². The van der Waals surface area contributed by atoms with Gasteiger partial charge in [0.2, 0.25) is 0 Å². The van der Waals surface area contributed by atoms with Crippen LogP contribution >= 0.6 is 0 Å². The first-order chi connectivity index (χ1) is 13.8. The highest BCUT2D eigenvalue weighted by Crippen LogP contribution is 2.32. The number of H-pyrrole nitrogens is 1. The van der Waals surface area contributed by atoms with E-state index in [1.807, 2.05) is 32.0 Å². The van der Waals surface area contributed by atoms with Crippen molar-refractivity contribution in [3.8, 4) is 11.5 Å². The zero-order valence-electron chi connectivity index (χ0n) is 17.5. The van der Waals surface area contributed by atoms with Crippen LogP contribution in [0, 0.1) is 13.8 Å². The van der Waals surface area contributed by atoms with Crippen molar-refractivity contribution >= 4 is 11.8 Å². The quantitative estimate of drug-likeness (QED) is 0.546. The number of fused-ring (bicyclic) bond motifs is 1. The summed E-state index contributed by atoms with van der Waals surface area (Å²) >= 11 is 0. The third-order valence-corrected chi connectivity index (χ3v) is 5.12. The Balaban J connectivity index is 1.74. The highest BCUT2D eigenvalue weighted by molar-refractivity contribution is 6.03. The lowest BCUT2D eigenvalue weighted by Gasteiger charge is -2.23. The van der Waals surface area contributed by atoms with Crippen LogP contribution in [0.1, 0.15) is 64.5 Å². The van der Waals surface area contributed by atoms with Crippen molar-refractivity contribution in [1.29, 1.82) is 0 Å². The third kappa shape index (κ3) is 4.29. The molecule has 0 saturated carbocycles. The van der Waals surface area contributed by atoms with Crippen molar-refractivity contribution in [3.05, 3.63) is 46.3 Å². The Hall–Kier alpha value is -2.80. The molecule has 1 aromatic heterocycles. The molecule has 0 saturated heterocycles. The molecule has 2 heterocycles. The molecule has 0 bridgehead atoms. The van der Waals surface area contributed by atoms with E-state index in [0.717, 1.165) is 17.1 Å². The van der Waals surface area contributed by atoms with Crippen molar-refractivity contribution in [2.75, 3.05) is 19.8 Å². The van der Waals surface area contributed by atoms with Crippen LogP contribution in [-0.4, -0.2) is 42.6 Å². The van der Waals surface area contributed by atoms with Crippen molar-refractivity contribution in [2.45, 2.75) is 46.7 Å². The highest BCUT2D eigenvalue weighted by Gasteiger charge is 2.26. The number of hydrogen-bond donors (Lipinski definition) is 2. The number of aryl methyl sites for hydroxylation is 1. The standard InChI is InChI=1S/C22H28N2O5/c1-6-27-22(26)19-12(2)20(24-14(19)4)21(25)15(5)23-13(3)16-7-8-17-18(11-16)29-10-9-28-17/h7-8,11,13,15,23-24H,6,9-10H2,1-5H3/t13-,15+/m1/s1. The first-order valence-electron chi connectivity index (χ1n) is 9.89. The van der Waals surface area contributed by atoms with Crippen molar-refractivity contribution in [1.82, 2.24) is 10.3 Å². The second-order valence-corrected chi connectivity index (χ2v) is 7.22. The number of benzene rings is 1. The monoisotopic (exact) mass is 400 g/mol. The molecule has 2 N–H and O–H groups in total. The molecular weight excluding hydrogens is 372 g/mol. The molecule has 0 aliphatic carbocycles. The Morgan fingerprint density at radius 2 is 1.86 bits per heavy atom. The van der Waals surface area contributed by atoms with Gasteiger partial charge < -0.3 is 24.5 Å². The molecule has 2 atom stereocenters. The largest absolute Gasteiger partial charge is 0.486 e. The molecule has 0 radical (unpaired) electrons. The molecular formula is C22H28N2O5. The van der Waals surface area contributed by atoms with E-state index < -0.39 is 12.0 Å². The molecule has 7 nitrogen and oxygen atoms in total. The molecule has 29 heavy (non-hydrogen) atoms. The molecule has 1 aliphatic heterocycles. The number of carbonyl (C=O) groups is 2. The van der Waals surface area contributed by atoms with E-state index in [1.54, 1.807) is 20.8 Å². The molecule has 1 aliphatic rings. The minimum atomic E-state index is -0.454. The normalized spacial score (nSPS) is 14.9. The van der Waals surface area contributed by atoms with Gasteiger partial charge in [-0.05, 0) is 57.9 Å². The summed E-state index contributed by atoms with van der Waals surface area (Å²) < 4.78 is 16.3. The third-order valence-electron chi connectivity index (χ3n) is 5.12. The number of carbonyl (C=O) groups excluding carboxylic acids is 2. The van der Waals surface area contributed by atoms with E-state index in [9.17, 15) is 9.59 Å². The van der Waals surface area contributed by atoms with Crippen LogP contribution in [0.15, 0.2) is 18.2 Å². The minimum absolute atomic E-state index is 0.0781. The number of ketones is 1. The lowest BCUT2D eigenvalue weighted by molar-refractivity contribution is 0.0525. The van der Waals surface area contributed by atoms with Crippen LogP contribution in [0.25, 0.3) is 0 Å². The maximum absolute atomic E-state index is 13.0. The molecule has 3 rings (SSSR count). The second kappa shape index (κ2) is 8.69. The first-order valence-corrected chi connectivity index (χ1v) is 9.89. The van der Waals surface area contributed by atoms with Gasteiger partial charge in [-0.2, -0.15) is 0 Å². The Morgan fingerprint density at radius 3 is 2.55 bits per heavy atom. The fourth-order valence-electron chi connectivity index (χ4n) is 3.60. The first kappa shape index (κ1) is 20.9. The summed E-state index contributed by atoms with van der Waals surface area (Å²) in [6.45, 7) is 10.5. The number of aromatic amines is 1. The summed E-state index contributed by atoms with van der Waals surface area (Å²) in [5.41, 5.74) is 3.12. The lowest BCUT2D eigenvalue weighted by Crippen LogP contribution is -2.36. The maximum atomic E-state index is 13.0. The van der Waals surface area contributed by atoms with Crippen LogP contribution in [0.4, 0.5) is 0 Å². The Bertz CT molecular complexity index is 918. The van der Waals surface area contributed by atoms with E-state index in [2.05, 4.69) is 10.3 Å². The number of rotatable bonds is 7. The van der Waals surface area contributed by atoms with Crippen LogP contribution in [-0.2, 0) is 4.74 Å². The Labute approximate surface area is 170 Å². The van der Waals surface area contributed by atoms with Gasteiger partial charge in [-0.1, -0.05) is 6.07 Å². The zero-order valence-corrected chi connectivity index (χ0v) is 17.5. The average Bonchev–Trinajstić information content (AvgIpc) is 3.01. The highest BCUT2D eigenvalue weighted by atomic mass is 16.6. The summed E-state index contributed by atoms with van der Waals surface area (Å²) in [7, 11) is 0. The number of hydrogen-bond acceptors (Lipinski definition) is 6. The Morgan fingerprint density at radius 1 is 1.17 bits per heavy atom. The fraction of sp³-hybridized carbons (Fsp3) is 0.455. The second-order valence-electron chi connectivity index (χ2n) is 7.22. The van der Waals surface area contributed by atoms with Gasteiger partial charge in [0.15, 0.2) is 17.3 Å². The number of ether oxygens (including phenoxy) is 3. The Kier molecular flexibility index (Phi) is 6.27. The van der Waals surface area contributed by atoms with Gasteiger partial charge in [-0.25, -0.2) is 4.79 Å². The average molecular weight is 400 g/mol. The van der Waals surface area contributed by atoms with E-state index in [4.69, 9.17) is 14.2 Å². The topological polar surface area (TPSA) is 89.7 Å². The van der Waals surface area contributed by atoms with E-state index in [-0.39, 0.29) is 18.4 Å². The fourth-order valence-corrected chi connectivity index (χ4v) is 3.60. The molecule has 156 valence electrons.